The average molecular weight is 163 g/mol. The maximum absolute atomic E-state index is 8.98. The smallest absolute Gasteiger partial charge is 0.115 e. The van der Waals surface area contributed by atoms with Crippen molar-refractivity contribution in [2.75, 3.05) is 0 Å². The molecule has 0 fully saturated rings. The number of unbranched alkanes of at least 4 members (excludes halogenated alkanes) is 1. The summed E-state index contributed by atoms with van der Waals surface area (Å²) in [6.45, 7) is 2.11. The molecule has 12 heavy (non-hydrogen) atoms. The lowest BCUT2D eigenvalue weighted by molar-refractivity contribution is 0.475. The van der Waals surface area contributed by atoms with E-state index in [1.165, 1.54) is 0 Å². The fourth-order valence-electron chi connectivity index (χ4n) is 0.838. The molecule has 0 unspecified atom stereocenters. The Labute approximate surface area is 72.6 Å². The summed E-state index contributed by atoms with van der Waals surface area (Å²) in [7, 11) is 0. The van der Waals surface area contributed by atoms with E-state index < -0.39 is 0 Å². The molecular weight excluding hydrogens is 150 g/mol. The number of aliphatic imine (C=N–C) groups is 1. The Bertz CT molecular complexity index is 251. The fraction of sp³-hybridized carbons (Fsp3) is 0.300. The van der Waals surface area contributed by atoms with Gasteiger partial charge in [0.25, 0.3) is 0 Å². The van der Waals surface area contributed by atoms with E-state index in [0.717, 1.165) is 18.5 Å². The molecule has 1 aromatic carbocycles. The normalized spacial score (nSPS) is 10.8. The standard InChI is InChI=1S/C10H13NO/c1-2-3-8-11-9-4-6-10(12)7-5-9/h4-8,12H,2-3H2,1H3. The predicted molar refractivity (Wildman–Crippen MR) is 51.2 cm³/mol. The zero-order valence-corrected chi connectivity index (χ0v) is 7.20. The third-order valence-electron chi connectivity index (χ3n) is 1.51. The molecule has 0 aliphatic heterocycles. The number of aromatic hydroxyl groups is 1. The van der Waals surface area contributed by atoms with Gasteiger partial charge in [0, 0.05) is 6.21 Å². The largest absolute Gasteiger partial charge is 0.508 e. The van der Waals surface area contributed by atoms with E-state index in [9.17, 15) is 0 Å². The molecule has 0 atom stereocenters. The molecule has 64 valence electrons. The Morgan fingerprint density at radius 1 is 1.33 bits per heavy atom. The first kappa shape index (κ1) is 8.78. The second-order valence-corrected chi connectivity index (χ2v) is 2.62. The molecule has 0 aliphatic rings. The van der Waals surface area contributed by atoms with Crippen molar-refractivity contribution in [2.24, 2.45) is 4.99 Å². The highest BCUT2D eigenvalue weighted by atomic mass is 16.3. The predicted octanol–water partition coefficient (Wildman–Crippen LogP) is 2.89. The number of rotatable bonds is 3. The van der Waals surface area contributed by atoms with Crippen LogP contribution in [0.25, 0.3) is 0 Å². The van der Waals surface area contributed by atoms with Gasteiger partial charge in [0.2, 0.25) is 0 Å². The van der Waals surface area contributed by atoms with Crippen molar-refractivity contribution in [2.45, 2.75) is 19.8 Å². The SMILES string of the molecule is CCCC=Nc1ccc(O)cc1. The van der Waals surface area contributed by atoms with Gasteiger partial charge in [0.05, 0.1) is 5.69 Å². The summed E-state index contributed by atoms with van der Waals surface area (Å²) < 4.78 is 0. The van der Waals surface area contributed by atoms with Gasteiger partial charge in [-0.15, -0.1) is 0 Å². The minimum atomic E-state index is 0.282. The molecule has 1 aromatic rings. The first-order chi connectivity index (χ1) is 5.83. The van der Waals surface area contributed by atoms with Gasteiger partial charge in [0.1, 0.15) is 5.75 Å². The molecule has 0 radical (unpaired) electrons. The number of nitrogens with zero attached hydrogens (tertiary/aromatic N) is 1. The van der Waals surface area contributed by atoms with Crippen LogP contribution >= 0.6 is 0 Å². The average Bonchev–Trinajstić information content (AvgIpc) is 2.09. The first-order valence-corrected chi connectivity index (χ1v) is 4.14. The highest BCUT2D eigenvalue weighted by molar-refractivity contribution is 5.63. The van der Waals surface area contributed by atoms with Gasteiger partial charge in [-0.1, -0.05) is 13.3 Å². The minimum Gasteiger partial charge on any atom is -0.508 e. The molecule has 2 nitrogen and oxygen atoms in total. The van der Waals surface area contributed by atoms with Crippen molar-refractivity contribution < 1.29 is 5.11 Å². The zero-order chi connectivity index (χ0) is 8.81. The highest BCUT2D eigenvalue weighted by Crippen LogP contribution is 2.15. The van der Waals surface area contributed by atoms with Crippen LogP contribution in [0.3, 0.4) is 0 Å². The molecule has 0 aliphatic carbocycles. The van der Waals surface area contributed by atoms with Crippen LogP contribution in [0, 0.1) is 0 Å². The molecule has 0 heterocycles. The Balaban J connectivity index is 2.58. The van der Waals surface area contributed by atoms with Crippen molar-refractivity contribution in [1.29, 1.82) is 0 Å². The van der Waals surface area contributed by atoms with Gasteiger partial charge in [0.15, 0.2) is 0 Å². The van der Waals surface area contributed by atoms with Crippen molar-refractivity contribution in [3.8, 4) is 5.75 Å². The van der Waals surface area contributed by atoms with Crippen LogP contribution in [0.5, 0.6) is 5.75 Å². The quantitative estimate of drug-likeness (QED) is 0.683. The van der Waals surface area contributed by atoms with E-state index in [-0.39, 0.29) is 5.75 Å². The molecule has 0 saturated heterocycles. The van der Waals surface area contributed by atoms with E-state index >= 15 is 0 Å². The number of benzene rings is 1. The van der Waals surface area contributed by atoms with Crippen molar-refractivity contribution in [1.82, 2.24) is 0 Å². The third kappa shape index (κ3) is 2.74. The van der Waals surface area contributed by atoms with Crippen LogP contribution in [0.2, 0.25) is 0 Å². The summed E-state index contributed by atoms with van der Waals surface area (Å²) in [5.41, 5.74) is 0.890. The van der Waals surface area contributed by atoms with Gasteiger partial charge in [-0.2, -0.15) is 0 Å². The number of hydrogen-bond acceptors (Lipinski definition) is 2. The molecule has 1 rings (SSSR count). The molecule has 0 saturated carbocycles. The summed E-state index contributed by atoms with van der Waals surface area (Å²) >= 11 is 0. The van der Waals surface area contributed by atoms with Crippen molar-refractivity contribution >= 4 is 11.9 Å². The summed E-state index contributed by atoms with van der Waals surface area (Å²) in [5, 5.41) is 8.98. The summed E-state index contributed by atoms with van der Waals surface area (Å²) in [5.74, 6) is 0.282. The molecule has 1 N–H and O–H groups in total. The van der Waals surface area contributed by atoms with Gasteiger partial charge in [-0.3, -0.25) is 4.99 Å². The monoisotopic (exact) mass is 163 g/mol. The minimum absolute atomic E-state index is 0.282. The van der Waals surface area contributed by atoms with E-state index in [4.69, 9.17) is 5.11 Å². The Kier molecular flexibility index (Phi) is 3.33. The Morgan fingerprint density at radius 3 is 2.58 bits per heavy atom. The molecule has 0 aromatic heterocycles. The fourth-order valence-corrected chi connectivity index (χ4v) is 0.838. The molecule has 0 spiro atoms. The van der Waals surface area contributed by atoms with Crippen LogP contribution in [-0.2, 0) is 0 Å². The lowest BCUT2D eigenvalue weighted by Gasteiger charge is -1.92. The van der Waals surface area contributed by atoms with Crippen LogP contribution in [0.1, 0.15) is 19.8 Å². The van der Waals surface area contributed by atoms with E-state index in [1.54, 1.807) is 24.3 Å². The lowest BCUT2D eigenvalue weighted by atomic mass is 10.3. The second-order valence-electron chi connectivity index (χ2n) is 2.62. The molecule has 0 amide bonds. The van der Waals surface area contributed by atoms with Gasteiger partial charge >= 0.3 is 0 Å². The van der Waals surface area contributed by atoms with E-state index in [0.29, 0.717) is 0 Å². The number of phenolic OH excluding ortho intramolecular Hbond substituents is 1. The van der Waals surface area contributed by atoms with Crippen LogP contribution in [0.4, 0.5) is 5.69 Å². The maximum Gasteiger partial charge on any atom is 0.115 e. The van der Waals surface area contributed by atoms with Crippen LogP contribution < -0.4 is 0 Å². The van der Waals surface area contributed by atoms with Crippen molar-refractivity contribution in [3.63, 3.8) is 0 Å². The molecule has 0 bridgehead atoms. The van der Waals surface area contributed by atoms with Crippen molar-refractivity contribution in [3.05, 3.63) is 24.3 Å². The van der Waals surface area contributed by atoms with Crippen LogP contribution in [-0.4, -0.2) is 11.3 Å². The van der Waals surface area contributed by atoms with Gasteiger partial charge in [-0.25, -0.2) is 0 Å². The maximum atomic E-state index is 8.98. The van der Waals surface area contributed by atoms with E-state index in [1.807, 2.05) is 6.21 Å². The molecule has 2 heteroatoms. The first-order valence-electron chi connectivity index (χ1n) is 4.14. The summed E-state index contributed by atoms with van der Waals surface area (Å²) in [4.78, 5) is 4.20. The lowest BCUT2D eigenvalue weighted by Crippen LogP contribution is -1.71. The number of phenols is 1. The summed E-state index contributed by atoms with van der Waals surface area (Å²) in [6.07, 6.45) is 4.01. The Morgan fingerprint density at radius 2 is 2.00 bits per heavy atom. The molecular formula is C10H13NO. The number of hydrogen-bond donors (Lipinski definition) is 1. The van der Waals surface area contributed by atoms with Crippen LogP contribution in [0.15, 0.2) is 29.3 Å². The Hall–Kier alpha value is -1.31. The topological polar surface area (TPSA) is 32.6 Å². The highest BCUT2D eigenvalue weighted by Gasteiger charge is 1.87. The van der Waals surface area contributed by atoms with Gasteiger partial charge < -0.3 is 5.11 Å². The second kappa shape index (κ2) is 4.54. The summed E-state index contributed by atoms with van der Waals surface area (Å²) in [6, 6.07) is 6.86. The zero-order valence-electron chi connectivity index (χ0n) is 7.20. The third-order valence-corrected chi connectivity index (χ3v) is 1.51. The van der Waals surface area contributed by atoms with E-state index in [2.05, 4.69) is 11.9 Å². The van der Waals surface area contributed by atoms with Gasteiger partial charge in [-0.05, 0) is 30.7 Å².